The molecule has 0 saturated heterocycles. The maximum Gasteiger partial charge on any atom is 0.218 e. The number of hydrogen-bond acceptors (Lipinski definition) is 1. The van der Waals surface area contributed by atoms with Gasteiger partial charge in [-0.05, 0) is 40.6 Å². The van der Waals surface area contributed by atoms with E-state index in [0.29, 0.717) is 6.04 Å². The number of nitrogens with one attached hydrogen (secondary N) is 1. The number of rotatable bonds is 6. The summed E-state index contributed by atoms with van der Waals surface area (Å²) in [4.78, 5) is 4.47. The van der Waals surface area contributed by atoms with Crippen molar-refractivity contribution in [3.05, 3.63) is 82.7 Å². The van der Waals surface area contributed by atoms with Crippen LogP contribution in [0.5, 0.6) is 0 Å². The summed E-state index contributed by atoms with van der Waals surface area (Å²) in [6.45, 7) is 12.3. The molecule has 0 spiro atoms. The lowest BCUT2D eigenvalue weighted by Gasteiger charge is -2.41. The molecule has 1 N–H and O–H groups in total. The minimum Gasteiger partial charge on any atom is -0.324 e. The molecule has 1 saturated carbocycles. The average Bonchev–Trinajstić information content (AvgIpc) is 3.26. The molecule has 0 radical (unpaired) electrons. The molecule has 4 rings (SSSR count). The number of hydrogen-bond donors (Lipinski definition) is 1. The van der Waals surface area contributed by atoms with Gasteiger partial charge in [-0.2, -0.15) is 0 Å². The quantitative estimate of drug-likeness (QED) is 0.530. The van der Waals surface area contributed by atoms with Crippen LogP contribution >= 0.6 is 0 Å². The molecule has 0 unspecified atom stereocenters. The van der Waals surface area contributed by atoms with Crippen molar-refractivity contribution in [2.45, 2.75) is 78.4 Å². The fourth-order valence-corrected chi connectivity index (χ4v) is 14.3. The van der Waals surface area contributed by atoms with E-state index in [9.17, 15) is 0 Å². The van der Waals surface area contributed by atoms with Crippen LogP contribution in [0.3, 0.4) is 0 Å². The first kappa shape index (κ1) is 23.5. The first-order valence-corrected chi connectivity index (χ1v) is 17.6. The summed E-state index contributed by atoms with van der Waals surface area (Å²) >= 11 is 0. The maximum atomic E-state index is 4.47. The van der Waals surface area contributed by atoms with E-state index in [0.717, 1.165) is 6.42 Å². The largest absolute Gasteiger partial charge is 0.324 e. The molecule has 2 aliphatic carbocycles. The highest BCUT2D eigenvalue weighted by atomic mass is 28.3. The summed E-state index contributed by atoms with van der Waals surface area (Å²) in [6, 6.07) is 23.6. The molecule has 3 heteroatoms. The van der Waals surface area contributed by atoms with Crippen molar-refractivity contribution in [3.63, 3.8) is 0 Å². The Balaban J connectivity index is 1.99. The predicted octanol–water partition coefficient (Wildman–Crippen LogP) is 5.91. The van der Waals surface area contributed by atoms with Gasteiger partial charge in [-0.1, -0.05) is 130 Å². The summed E-state index contributed by atoms with van der Waals surface area (Å²) in [5.74, 6) is 0. The first-order valence-electron chi connectivity index (χ1n) is 12.7. The summed E-state index contributed by atoms with van der Waals surface area (Å²) in [5, 5.41) is 6.58. The summed E-state index contributed by atoms with van der Waals surface area (Å²) in [6.07, 6.45) is 10.5. The Bertz CT molecular complexity index is 922. The molecule has 0 aliphatic heterocycles. The zero-order chi connectivity index (χ0) is 22.8. The van der Waals surface area contributed by atoms with Gasteiger partial charge in [-0.3, -0.25) is 0 Å². The molecule has 0 amide bonds. The van der Waals surface area contributed by atoms with Gasteiger partial charge in [-0.25, -0.2) is 0 Å². The molecular formula is C29H41NSi2. The molecule has 1 nitrogen and oxygen atoms in total. The first-order chi connectivity index (χ1) is 15.3. The highest BCUT2D eigenvalue weighted by Gasteiger charge is 2.47. The standard InChI is InChI=1S/C29H41NSi2/c1-29(2,3)26-21-22-27(28(26)31(4)5)32(24-17-11-7-12-18-24,25-19-13-8-14-20-25)30-23-15-9-6-10-16-23/h7-8,11-14,17-21,23,30-31H,6,9-10,15-16,22H2,1-5H3. The van der Waals surface area contributed by atoms with E-state index in [4.69, 9.17) is 0 Å². The van der Waals surface area contributed by atoms with Crippen molar-refractivity contribution in [2.24, 2.45) is 5.41 Å². The molecule has 2 aromatic carbocycles. The second kappa shape index (κ2) is 9.66. The fourth-order valence-electron chi connectivity index (χ4n) is 6.01. The van der Waals surface area contributed by atoms with Crippen molar-refractivity contribution >= 4 is 27.4 Å². The van der Waals surface area contributed by atoms with Crippen LogP contribution < -0.4 is 15.4 Å². The van der Waals surface area contributed by atoms with Crippen LogP contribution in [0.4, 0.5) is 0 Å². The monoisotopic (exact) mass is 459 g/mol. The van der Waals surface area contributed by atoms with Crippen molar-refractivity contribution < 1.29 is 0 Å². The van der Waals surface area contributed by atoms with E-state index in [1.165, 1.54) is 42.5 Å². The third kappa shape index (κ3) is 4.53. The lowest BCUT2D eigenvalue weighted by Crippen LogP contribution is -2.72. The van der Waals surface area contributed by atoms with E-state index < -0.39 is 17.0 Å². The lowest BCUT2D eigenvalue weighted by atomic mass is 9.87. The minimum absolute atomic E-state index is 0.201. The van der Waals surface area contributed by atoms with Crippen LogP contribution in [-0.4, -0.2) is 23.1 Å². The van der Waals surface area contributed by atoms with Gasteiger partial charge in [0.25, 0.3) is 0 Å². The topological polar surface area (TPSA) is 12.0 Å². The van der Waals surface area contributed by atoms with Gasteiger partial charge >= 0.3 is 0 Å². The van der Waals surface area contributed by atoms with Gasteiger partial charge in [0, 0.05) is 6.04 Å². The van der Waals surface area contributed by atoms with Crippen LogP contribution in [0, 0.1) is 5.41 Å². The Hall–Kier alpha value is -1.69. The summed E-state index contributed by atoms with van der Waals surface area (Å²) in [5.41, 5.74) is 1.83. The Morgan fingerprint density at radius 3 is 1.81 bits per heavy atom. The summed E-state index contributed by atoms with van der Waals surface area (Å²) < 4.78 is 0. The Labute approximate surface area is 198 Å². The average molecular weight is 460 g/mol. The maximum absolute atomic E-state index is 4.47. The second-order valence-corrected chi connectivity index (χ2v) is 17.5. The molecule has 0 atom stereocenters. The van der Waals surface area contributed by atoms with Crippen LogP contribution in [0.2, 0.25) is 13.1 Å². The Morgan fingerprint density at radius 2 is 1.34 bits per heavy atom. The minimum atomic E-state index is -2.34. The van der Waals surface area contributed by atoms with E-state index in [1.807, 2.05) is 0 Å². The van der Waals surface area contributed by atoms with E-state index in [-0.39, 0.29) is 5.41 Å². The molecular weight excluding hydrogens is 418 g/mol. The molecule has 32 heavy (non-hydrogen) atoms. The molecule has 170 valence electrons. The van der Waals surface area contributed by atoms with Crippen molar-refractivity contribution in [2.75, 3.05) is 0 Å². The Kier molecular flexibility index (Phi) is 7.09. The number of benzene rings is 2. The van der Waals surface area contributed by atoms with Gasteiger partial charge < -0.3 is 4.98 Å². The van der Waals surface area contributed by atoms with E-state index in [2.05, 4.69) is 106 Å². The van der Waals surface area contributed by atoms with Gasteiger partial charge in [0.05, 0.1) is 8.80 Å². The van der Waals surface area contributed by atoms with Gasteiger partial charge in [0.2, 0.25) is 8.24 Å². The fraction of sp³-hybridized carbons (Fsp3) is 0.448. The van der Waals surface area contributed by atoms with Gasteiger partial charge in [-0.15, -0.1) is 0 Å². The zero-order valence-corrected chi connectivity index (χ0v) is 22.9. The number of allylic oxidation sites excluding steroid dienone is 4. The summed E-state index contributed by atoms with van der Waals surface area (Å²) in [7, 11) is -3.37. The molecule has 2 aromatic rings. The van der Waals surface area contributed by atoms with Crippen LogP contribution in [0.15, 0.2) is 82.7 Å². The highest BCUT2D eigenvalue weighted by molar-refractivity contribution is 7.06. The normalized spacial score (nSPS) is 18.4. The predicted molar refractivity (Wildman–Crippen MR) is 146 cm³/mol. The zero-order valence-electron chi connectivity index (χ0n) is 20.7. The molecule has 0 bridgehead atoms. The van der Waals surface area contributed by atoms with Crippen molar-refractivity contribution in [1.82, 2.24) is 4.98 Å². The molecule has 0 heterocycles. The third-order valence-corrected chi connectivity index (χ3v) is 14.1. The van der Waals surface area contributed by atoms with E-state index >= 15 is 0 Å². The Morgan fingerprint density at radius 1 is 0.812 bits per heavy atom. The highest BCUT2D eigenvalue weighted by Crippen LogP contribution is 2.42. The van der Waals surface area contributed by atoms with E-state index in [1.54, 1.807) is 16.0 Å². The van der Waals surface area contributed by atoms with Crippen molar-refractivity contribution in [3.8, 4) is 0 Å². The van der Waals surface area contributed by atoms with Crippen LogP contribution in [0.25, 0.3) is 0 Å². The SMILES string of the molecule is C[SiH](C)C1=C([Si](NC2CCCCC2)(c2ccccc2)c2ccccc2)CC=C1C(C)(C)C. The molecule has 0 aromatic heterocycles. The smallest absolute Gasteiger partial charge is 0.218 e. The van der Waals surface area contributed by atoms with Crippen LogP contribution in [0.1, 0.15) is 59.3 Å². The third-order valence-electron chi connectivity index (χ3n) is 7.40. The van der Waals surface area contributed by atoms with Crippen molar-refractivity contribution in [1.29, 1.82) is 0 Å². The van der Waals surface area contributed by atoms with Crippen LogP contribution in [-0.2, 0) is 0 Å². The van der Waals surface area contributed by atoms with Gasteiger partial charge in [0.1, 0.15) is 0 Å². The second-order valence-electron chi connectivity index (χ2n) is 11.1. The lowest BCUT2D eigenvalue weighted by molar-refractivity contribution is 0.416. The van der Waals surface area contributed by atoms with Gasteiger partial charge in [0.15, 0.2) is 0 Å². The molecule has 2 aliphatic rings. The molecule has 1 fully saturated rings.